The number of aromatic nitrogens is 1. The molecule has 1 atom stereocenters. The zero-order chi connectivity index (χ0) is 18.4. The zero-order valence-corrected chi connectivity index (χ0v) is 15.8. The molecule has 1 aliphatic carbocycles. The maximum absolute atomic E-state index is 12.5. The van der Waals surface area contributed by atoms with Crippen LogP contribution in [0, 0.1) is 25.2 Å². The van der Waals surface area contributed by atoms with Gasteiger partial charge in [-0.05, 0) is 51.3 Å². The van der Waals surface area contributed by atoms with Crippen LogP contribution < -0.4 is 5.32 Å². The van der Waals surface area contributed by atoms with Crippen LogP contribution in [-0.4, -0.2) is 30.2 Å². The van der Waals surface area contributed by atoms with Crippen LogP contribution in [0.1, 0.15) is 62.0 Å². The molecule has 0 aliphatic heterocycles. The maximum Gasteiger partial charge on any atom is 0.262 e. The van der Waals surface area contributed by atoms with Crippen molar-refractivity contribution < 1.29 is 9.53 Å². The number of amides is 1. The van der Waals surface area contributed by atoms with E-state index >= 15 is 0 Å². The van der Waals surface area contributed by atoms with Crippen molar-refractivity contribution in [3.63, 3.8) is 0 Å². The molecule has 1 aromatic rings. The van der Waals surface area contributed by atoms with Crippen molar-refractivity contribution in [2.24, 2.45) is 0 Å². The molecule has 1 amide bonds. The van der Waals surface area contributed by atoms with Gasteiger partial charge in [0.2, 0.25) is 0 Å². The second-order valence-electron chi connectivity index (χ2n) is 6.98. The molecule has 25 heavy (non-hydrogen) atoms. The molecule has 1 heterocycles. The summed E-state index contributed by atoms with van der Waals surface area (Å²) in [7, 11) is 1.69. The van der Waals surface area contributed by atoms with Gasteiger partial charge in [0, 0.05) is 24.5 Å². The standard InChI is InChI=1S/C20H29N3O2/c1-14-10-17(16(3)23(14)15(2)13-25-4)11-18(12-21)20(24)22-19-8-6-5-7-9-19/h10-11,15,19H,5-9,13H2,1-4H3,(H,22,24)/b18-11+. The summed E-state index contributed by atoms with van der Waals surface area (Å²) >= 11 is 0. The quantitative estimate of drug-likeness (QED) is 0.633. The summed E-state index contributed by atoms with van der Waals surface area (Å²) in [5.74, 6) is -0.260. The van der Waals surface area contributed by atoms with Crippen molar-refractivity contribution in [1.29, 1.82) is 5.26 Å². The fourth-order valence-corrected chi connectivity index (χ4v) is 3.76. The molecule has 1 aliphatic rings. The average Bonchev–Trinajstić information content (AvgIpc) is 2.87. The predicted octanol–water partition coefficient (Wildman–Crippen LogP) is 3.67. The van der Waals surface area contributed by atoms with Gasteiger partial charge in [0.15, 0.2) is 0 Å². The molecule has 1 aromatic heterocycles. The number of rotatable bonds is 6. The number of nitrogens with zero attached hydrogens (tertiary/aromatic N) is 2. The van der Waals surface area contributed by atoms with Gasteiger partial charge in [0.1, 0.15) is 11.6 Å². The number of hydrogen-bond acceptors (Lipinski definition) is 3. The summed E-state index contributed by atoms with van der Waals surface area (Å²) in [5, 5.41) is 12.5. The zero-order valence-electron chi connectivity index (χ0n) is 15.8. The Hall–Kier alpha value is -2.06. The van der Waals surface area contributed by atoms with Gasteiger partial charge in [0.05, 0.1) is 12.6 Å². The Morgan fingerprint density at radius 1 is 1.44 bits per heavy atom. The lowest BCUT2D eigenvalue weighted by atomic mass is 9.95. The van der Waals surface area contributed by atoms with Gasteiger partial charge in [0.25, 0.3) is 5.91 Å². The van der Waals surface area contributed by atoms with Gasteiger partial charge in [-0.3, -0.25) is 4.79 Å². The summed E-state index contributed by atoms with van der Waals surface area (Å²) in [6.07, 6.45) is 7.25. The number of aryl methyl sites for hydroxylation is 1. The van der Waals surface area contributed by atoms with E-state index in [1.54, 1.807) is 13.2 Å². The van der Waals surface area contributed by atoms with Gasteiger partial charge in [-0.15, -0.1) is 0 Å². The fraction of sp³-hybridized carbons (Fsp3) is 0.600. The molecular weight excluding hydrogens is 314 g/mol. The summed E-state index contributed by atoms with van der Waals surface area (Å²) in [6, 6.07) is 4.49. The average molecular weight is 343 g/mol. The molecular formula is C20H29N3O2. The van der Waals surface area contributed by atoms with E-state index in [2.05, 4.69) is 22.9 Å². The first-order chi connectivity index (χ1) is 12.0. The van der Waals surface area contributed by atoms with Gasteiger partial charge in [-0.25, -0.2) is 0 Å². The van der Waals surface area contributed by atoms with Gasteiger partial charge in [-0.2, -0.15) is 5.26 Å². The highest BCUT2D eigenvalue weighted by atomic mass is 16.5. The van der Waals surface area contributed by atoms with Gasteiger partial charge in [-0.1, -0.05) is 19.3 Å². The van der Waals surface area contributed by atoms with Crippen LogP contribution >= 0.6 is 0 Å². The number of ether oxygens (including phenoxy) is 1. The number of nitriles is 1. The third-order valence-electron chi connectivity index (χ3n) is 4.98. The first-order valence-electron chi connectivity index (χ1n) is 9.08. The summed E-state index contributed by atoms with van der Waals surface area (Å²) < 4.78 is 7.43. The van der Waals surface area contributed by atoms with Crippen molar-refractivity contribution in [3.05, 3.63) is 28.6 Å². The molecule has 2 rings (SSSR count). The molecule has 5 heteroatoms. The molecule has 5 nitrogen and oxygen atoms in total. The second kappa shape index (κ2) is 8.87. The molecule has 1 unspecified atom stereocenters. The van der Waals surface area contributed by atoms with E-state index in [1.165, 1.54) is 6.42 Å². The minimum absolute atomic E-state index is 0.171. The van der Waals surface area contributed by atoms with Gasteiger partial charge >= 0.3 is 0 Å². The molecule has 1 N–H and O–H groups in total. The largest absolute Gasteiger partial charge is 0.383 e. The highest BCUT2D eigenvalue weighted by molar-refractivity contribution is 6.02. The first kappa shape index (κ1) is 19.3. The van der Waals surface area contributed by atoms with Crippen LogP contribution in [0.15, 0.2) is 11.6 Å². The van der Waals surface area contributed by atoms with Crippen molar-refractivity contribution >= 4 is 12.0 Å². The molecule has 1 saturated carbocycles. The van der Waals surface area contributed by atoms with Crippen LogP contribution in [0.5, 0.6) is 0 Å². The molecule has 1 fully saturated rings. The van der Waals surface area contributed by atoms with Crippen LogP contribution in [0.4, 0.5) is 0 Å². The molecule has 136 valence electrons. The van der Waals surface area contributed by atoms with Crippen LogP contribution in [0.25, 0.3) is 6.08 Å². The first-order valence-corrected chi connectivity index (χ1v) is 9.08. The van der Waals surface area contributed by atoms with E-state index in [4.69, 9.17) is 4.74 Å². The normalized spacial score (nSPS) is 17.2. The fourth-order valence-electron chi connectivity index (χ4n) is 3.76. The molecule has 0 saturated heterocycles. The molecule has 0 spiro atoms. The minimum atomic E-state index is -0.260. The number of nitrogens with one attached hydrogen (secondary N) is 1. The molecule has 0 aromatic carbocycles. The monoisotopic (exact) mass is 343 g/mol. The molecule has 0 bridgehead atoms. The van der Waals surface area contributed by atoms with Crippen LogP contribution in [0.3, 0.4) is 0 Å². The van der Waals surface area contributed by atoms with Crippen molar-refractivity contribution in [2.75, 3.05) is 13.7 Å². The number of hydrogen-bond donors (Lipinski definition) is 1. The Morgan fingerprint density at radius 2 is 2.12 bits per heavy atom. The van der Waals surface area contributed by atoms with E-state index in [0.29, 0.717) is 6.61 Å². The number of carbonyl (C=O) groups excluding carboxylic acids is 1. The predicted molar refractivity (Wildman–Crippen MR) is 99.1 cm³/mol. The maximum atomic E-state index is 12.5. The lowest BCUT2D eigenvalue weighted by Gasteiger charge is -2.22. The smallest absolute Gasteiger partial charge is 0.262 e. The van der Waals surface area contributed by atoms with Crippen LogP contribution in [-0.2, 0) is 9.53 Å². The van der Waals surface area contributed by atoms with Crippen LogP contribution in [0.2, 0.25) is 0 Å². The Kier molecular flexibility index (Phi) is 6.83. The molecule has 0 radical (unpaired) electrons. The van der Waals surface area contributed by atoms with E-state index in [0.717, 1.165) is 42.6 Å². The minimum Gasteiger partial charge on any atom is -0.383 e. The Morgan fingerprint density at radius 3 is 2.72 bits per heavy atom. The third kappa shape index (κ3) is 4.73. The van der Waals surface area contributed by atoms with Crippen molar-refractivity contribution in [3.8, 4) is 6.07 Å². The summed E-state index contributed by atoms with van der Waals surface area (Å²) in [4.78, 5) is 12.5. The topological polar surface area (TPSA) is 67.0 Å². The highest BCUT2D eigenvalue weighted by Gasteiger charge is 2.19. The van der Waals surface area contributed by atoms with E-state index in [9.17, 15) is 10.1 Å². The lowest BCUT2D eigenvalue weighted by molar-refractivity contribution is -0.117. The third-order valence-corrected chi connectivity index (χ3v) is 4.98. The summed E-state index contributed by atoms with van der Waals surface area (Å²) in [5.41, 5.74) is 3.22. The highest BCUT2D eigenvalue weighted by Crippen LogP contribution is 2.23. The Bertz CT molecular complexity index is 676. The van der Waals surface area contributed by atoms with E-state index < -0.39 is 0 Å². The van der Waals surface area contributed by atoms with E-state index in [-0.39, 0.29) is 23.6 Å². The van der Waals surface area contributed by atoms with Crippen molar-refractivity contribution in [1.82, 2.24) is 9.88 Å². The number of carbonyl (C=O) groups is 1. The summed E-state index contributed by atoms with van der Waals surface area (Å²) in [6.45, 7) is 6.76. The Labute approximate surface area is 150 Å². The second-order valence-corrected chi connectivity index (χ2v) is 6.98. The Balaban J connectivity index is 2.20. The van der Waals surface area contributed by atoms with Crippen molar-refractivity contribution in [2.45, 2.75) is 65.0 Å². The number of methoxy groups -OCH3 is 1. The van der Waals surface area contributed by atoms with E-state index in [1.807, 2.05) is 19.9 Å². The SMILES string of the molecule is COCC(C)n1c(C)cc(/C=C(\C#N)C(=O)NC2CCCCC2)c1C. The lowest BCUT2D eigenvalue weighted by Crippen LogP contribution is -2.36. The van der Waals surface area contributed by atoms with Gasteiger partial charge < -0.3 is 14.6 Å².